The standard InChI is InChI=1S/C12H15N2O/c1-13-7-8-14(10-13)12(9-15)11-5-3-2-4-6-11/h2-8,10,12,15H,9H2,1H3/q+1/t12-/m1/s1. The molecule has 2 aromatic rings. The van der Waals surface area contributed by atoms with Gasteiger partial charge in [0.1, 0.15) is 18.4 Å². The van der Waals surface area contributed by atoms with Gasteiger partial charge in [-0.05, 0) is 5.56 Å². The van der Waals surface area contributed by atoms with Crippen molar-refractivity contribution in [1.29, 1.82) is 0 Å². The van der Waals surface area contributed by atoms with Gasteiger partial charge in [0.05, 0.1) is 13.7 Å². The molecule has 15 heavy (non-hydrogen) atoms. The molecule has 0 radical (unpaired) electrons. The molecule has 0 aliphatic carbocycles. The third-order valence-corrected chi connectivity index (χ3v) is 2.51. The number of imidazole rings is 1. The minimum atomic E-state index is 0.00685. The maximum Gasteiger partial charge on any atom is 0.244 e. The fraction of sp³-hybridized carbons (Fsp3) is 0.250. The van der Waals surface area contributed by atoms with Crippen molar-refractivity contribution in [2.45, 2.75) is 6.04 Å². The summed E-state index contributed by atoms with van der Waals surface area (Å²) in [5, 5.41) is 9.41. The molecule has 0 saturated heterocycles. The van der Waals surface area contributed by atoms with Crippen molar-refractivity contribution >= 4 is 0 Å². The molecule has 0 aliphatic rings. The average Bonchev–Trinajstić information content (AvgIpc) is 2.68. The molecule has 0 bridgehead atoms. The van der Waals surface area contributed by atoms with Gasteiger partial charge in [0.2, 0.25) is 6.33 Å². The van der Waals surface area contributed by atoms with Crippen LogP contribution in [0.3, 0.4) is 0 Å². The van der Waals surface area contributed by atoms with E-state index in [1.807, 2.05) is 65.2 Å². The van der Waals surface area contributed by atoms with E-state index in [0.717, 1.165) is 5.56 Å². The van der Waals surface area contributed by atoms with Crippen LogP contribution in [0.2, 0.25) is 0 Å². The molecule has 0 unspecified atom stereocenters. The normalized spacial score (nSPS) is 12.7. The Morgan fingerprint density at radius 1 is 1.33 bits per heavy atom. The number of aryl methyl sites for hydroxylation is 1. The molecule has 0 saturated carbocycles. The lowest BCUT2D eigenvalue weighted by molar-refractivity contribution is -0.671. The molecule has 1 N–H and O–H groups in total. The first-order chi connectivity index (χ1) is 7.31. The summed E-state index contributed by atoms with van der Waals surface area (Å²) < 4.78 is 3.97. The molecule has 1 aromatic heterocycles. The van der Waals surface area contributed by atoms with Gasteiger partial charge in [-0.25, -0.2) is 9.13 Å². The van der Waals surface area contributed by atoms with Crippen LogP contribution in [0.15, 0.2) is 49.1 Å². The molecule has 1 atom stereocenters. The Hall–Kier alpha value is -1.61. The summed E-state index contributed by atoms with van der Waals surface area (Å²) in [7, 11) is 1.97. The molecule has 1 aromatic carbocycles. The van der Waals surface area contributed by atoms with Crippen LogP contribution in [0.1, 0.15) is 11.6 Å². The number of rotatable bonds is 3. The van der Waals surface area contributed by atoms with E-state index in [2.05, 4.69) is 0 Å². The fourth-order valence-electron chi connectivity index (χ4n) is 1.70. The van der Waals surface area contributed by atoms with Gasteiger partial charge in [-0.2, -0.15) is 0 Å². The summed E-state index contributed by atoms with van der Waals surface area (Å²) in [6.45, 7) is 0.110. The second-order valence-corrected chi connectivity index (χ2v) is 3.64. The van der Waals surface area contributed by atoms with Crippen LogP contribution in [0.25, 0.3) is 0 Å². The minimum absolute atomic E-state index is 0.00685. The van der Waals surface area contributed by atoms with Crippen LogP contribution in [-0.4, -0.2) is 16.3 Å². The molecule has 0 spiro atoms. The summed E-state index contributed by atoms with van der Waals surface area (Å²) in [6.07, 6.45) is 5.90. The highest BCUT2D eigenvalue weighted by molar-refractivity contribution is 5.19. The van der Waals surface area contributed by atoms with Crippen molar-refractivity contribution in [3.8, 4) is 0 Å². The van der Waals surface area contributed by atoms with E-state index >= 15 is 0 Å². The Morgan fingerprint density at radius 3 is 2.60 bits per heavy atom. The van der Waals surface area contributed by atoms with Crippen LogP contribution >= 0.6 is 0 Å². The van der Waals surface area contributed by atoms with Crippen LogP contribution in [0, 0.1) is 0 Å². The Kier molecular flexibility index (Phi) is 2.83. The predicted octanol–water partition coefficient (Wildman–Crippen LogP) is 0.894. The monoisotopic (exact) mass is 203 g/mol. The highest BCUT2D eigenvalue weighted by Crippen LogP contribution is 2.16. The van der Waals surface area contributed by atoms with Gasteiger partial charge in [0, 0.05) is 0 Å². The summed E-state index contributed by atoms with van der Waals surface area (Å²) in [5.74, 6) is 0. The highest BCUT2D eigenvalue weighted by Gasteiger charge is 2.16. The lowest BCUT2D eigenvalue weighted by Gasteiger charge is -2.10. The van der Waals surface area contributed by atoms with Gasteiger partial charge in [-0.15, -0.1) is 0 Å². The molecule has 0 aliphatic heterocycles. The van der Waals surface area contributed by atoms with E-state index in [9.17, 15) is 5.11 Å². The van der Waals surface area contributed by atoms with Crippen molar-refractivity contribution in [2.75, 3.05) is 6.61 Å². The number of aliphatic hydroxyl groups is 1. The van der Waals surface area contributed by atoms with Crippen LogP contribution < -0.4 is 4.57 Å². The lowest BCUT2D eigenvalue weighted by atomic mass is 10.1. The number of benzene rings is 1. The number of hydrogen-bond donors (Lipinski definition) is 1. The van der Waals surface area contributed by atoms with E-state index in [-0.39, 0.29) is 12.6 Å². The van der Waals surface area contributed by atoms with Gasteiger partial charge >= 0.3 is 0 Å². The Labute approximate surface area is 89.2 Å². The van der Waals surface area contributed by atoms with Gasteiger partial charge in [0.15, 0.2) is 0 Å². The van der Waals surface area contributed by atoms with Crippen molar-refractivity contribution < 1.29 is 9.67 Å². The Morgan fingerprint density at radius 2 is 2.07 bits per heavy atom. The maximum atomic E-state index is 9.41. The second kappa shape index (κ2) is 4.28. The van der Waals surface area contributed by atoms with Gasteiger partial charge < -0.3 is 5.11 Å². The number of nitrogens with zero attached hydrogens (tertiary/aromatic N) is 2. The number of aromatic nitrogens is 2. The molecule has 3 nitrogen and oxygen atoms in total. The molecule has 0 amide bonds. The van der Waals surface area contributed by atoms with Gasteiger partial charge in [-0.3, -0.25) is 0 Å². The van der Waals surface area contributed by atoms with Crippen molar-refractivity contribution in [3.05, 3.63) is 54.6 Å². The molecule has 2 rings (SSSR count). The zero-order chi connectivity index (χ0) is 10.7. The quantitative estimate of drug-likeness (QED) is 0.738. The summed E-state index contributed by atoms with van der Waals surface area (Å²) in [4.78, 5) is 0. The first-order valence-corrected chi connectivity index (χ1v) is 5.00. The van der Waals surface area contributed by atoms with Crippen LogP contribution in [0.5, 0.6) is 0 Å². The number of aliphatic hydroxyl groups excluding tert-OH is 1. The predicted molar refractivity (Wildman–Crippen MR) is 57.3 cm³/mol. The summed E-state index contributed by atoms with van der Waals surface area (Å²) in [5.41, 5.74) is 1.12. The molecule has 78 valence electrons. The number of hydrogen-bond acceptors (Lipinski definition) is 1. The first-order valence-electron chi connectivity index (χ1n) is 5.00. The lowest BCUT2D eigenvalue weighted by Crippen LogP contribution is -2.25. The molecular formula is C12H15N2O+. The van der Waals surface area contributed by atoms with E-state index in [1.54, 1.807) is 0 Å². The Balaban J connectivity index is 2.33. The van der Waals surface area contributed by atoms with Gasteiger partial charge in [-0.1, -0.05) is 30.3 Å². The van der Waals surface area contributed by atoms with E-state index in [1.165, 1.54) is 0 Å². The smallest absolute Gasteiger partial charge is 0.244 e. The van der Waals surface area contributed by atoms with Crippen molar-refractivity contribution in [3.63, 3.8) is 0 Å². The maximum absolute atomic E-state index is 9.41. The average molecular weight is 203 g/mol. The third kappa shape index (κ3) is 2.07. The minimum Gasteiger partial charge on any atom is -0.392 e. The zero-order valence-corrected chi connectivity index (χ0v) is 8.74. The first kappa shape index (κ1) is 9.93. The second-order valence-electron chi connectivity index (χ2n) is 3.64. The highest BCUT2D eigenvalue weighted by atomic mass is 16.3. The van der Waals surface area contributed by atoms with Crippen molar-refractivity contribution in [2.24, 2.45) is 7.05 Å². The summed E-state index contributed by atoms with van der Waals surface area (Å²) in [6, 6.07) is 10.0. The zero-order valence-electron chi connectivity index (χ0n) is 8.74. The third-order valence-electron chi connectivity index (χ3n) is 2.51. The fourth-order valence-corrected chi connectivity index (χ4v) is 1.70. The van der Waals surface area contributed by atoms with E-state index < -0.39 is 0 Å². The topological polar surface area (TPSA) is 29.0 Å². The molecular weight excluding hydrogens is 188 g/mol. The largest absolute Gasteiger partial charge is 0.392 e. The van der Waals surface area contributed by atoms with Crippen LogP contribution in [0.4, 0.5) is 0 Å². The van der Waals surface area contributed by atoms with E-state index in [0.29, 0.717) is 0 Å². The van der Waals surface area contributed by atoms with Crippen molar-refractivity contribution in [1.82, 2.24) is 4.57 Å². The molecule has 3 heteroatoms. The van der Waals surface area contributed by atoms with Gasteiger partial charge in [0.25, 0.3) is 0 Å². The Bertz CT molecular complexity index is 422. The SMILES string of the molecule is C[n+]1ccn([C@H](CO)c2ccccc2)c1. The molecule has 1 heterocycles. The van der Waals surface area contributed by atoms with Crippen LogP contribution in [-0.2, 0) is 7.05 Å². The van der Waals surface area contributed by atoms with E-state index in [4.69, 9.17) is 0 Å². The molecule has 0 fully saturated rings. The summed E-state index contributed by atoms with van der Waals surface area (Å²) >= 11 is 0.